The molecule has 1 fully saturated rings. The molecule has 90 valence electrons. The second-order valence-electron chi connectivity index (χ2n) is 4.99. The molecule has 3 nitrogen and oxygen atoms in total. The fourth-order valence-electron chi connectivity index (χ4n) is 1.99. The summed E-state index contributed by atoms with van der Waals surface area (Å²) in [6.07, 6.45) is 3.58. The molecule has 1 rings (SSSR count). The maximum Gasteiger partial charge on any atom is 0.150 e. The Labute approximate surface area is 92.8 Å². The lowest BCUT2D eigenvalue weighted by Gasteiger charge is -2.26. The lowest BCUT2D eigenvalue weighted by molar-refractivity contribution is 0.116. The maximum absolute atomic E-state index is 11.6. The molecule has 0 spiro atoms. The van der Waals surface area contributed by atoms with Gasteiger partial charge >= 0.3 is 0 Å². The minimum Gasteiger partial charge on any atom is -0.396 e. The van der Waals surface area contributed by atoms with Crippen LogP contribution in [0, 0.1) is 11.3 Å². The molecule has 1 atom stereocenters. The number of hydrogen-bond donors (Lipinski definition) is 1. The van der Waals surface area contributed by atoms with Crippen LogP contribution in [0.4, 0.5) is 0 Å². The molecule has 1 saturated carbocycles. The van der Waals surface area contributed by atoms with Crippen LogP contribution in [0.25, 0.3) is 0 Å². The molecule has 0 aromatic carbocycles. The minimum atomic E-state index is -2.89. The zero-order valence-corrected chi connectivity index (χ0v) is 10.5. The largest absolute Gasteiger partial charge is 0.396 e. The van der Waals surface area contributed by atoms with Gasteiger partial charge in [-0.05, 0) is 37.0 Å². The van der Waals surface area contributed by atoms with E-state index in [9.17, 15) is 13.5 Å². The molecule has 1 unspecified atom stereocenters. The number of hydrogen-bond acceptors (Lipinski definition) is 3. The van der Waals surface area contributed by atoms with E-state index in [0.29, 0.717) is 18.8 Å². The topological polar surface area (TPSA) is 54.4 Å². The Morgan fingerprint density at radius 2 is 1.93 bits per heavy atom. The highest BCUT2D eigenvalue weighted by Crippen LogP contribution is 2.47. The molecule has 1 aliphatic rings. The van der Waals surface area contributed by atoms with Gasteiger partial charge in [0.05, 0.1) is 5.75 Å². The highest BCUT2D eigenvalue weighted by Gasteiger charge is 2.41. The first kappa shape index (κ1) is 13.0. The Morgan fingerprint density at radius 3 is 2.33 bits per heavy atom. The van der Waals surface area contributed by atoms with Gasteiger partial charge in [-0.25, -0.2) is 8.42 Å². The predicted molar refractivity (Wildman–Crippen MR) is 61.5 cm³/mol. The fraction of sp³-hybridized carbons (Fsp3) is 1.00. The second kappa shape index (κ2) is 4.83. The van der Waals surface area contributed by atoms with E-state index in [1.54, 1.807) is 0 Å². The lowest BCUT2D eigenvalue weighted by Crippen LogP contribution is -2.28. The molecule has 0 aliphatic heterocycles. The minimum absolute atomic E-state index is 0.110. The van der Waals surface area contributed by atoms with E-state index in [4.69, 9.17) is 0 Å². The van der Waals surface area contributed by atoms with Crippen molar-refractivity contribution >= 4 is 9.84 Å². The Kier molecular flexibility index (Phi) is 4.18. The van der Waals surface area contributed by atoms with E-state index in [1.807, 2.05) is 13.8 Å². The number of aliphatic hydroxyl groups is 1. The summed E-state index contributed by atoms with van der Waals surface area (Å²) in [6, 6.07) is 0. The molecule has 1 N–H and O–H groups in total. The van der Waals surface area contributed by atoms with Crippen molar-refractivity contribution < 1.29 is 13.5 Å². The van der Waals surface area contributed by atoms with Crippen LogP contribution in [0.3, 0.4) is 0 Å². The molecular weight excluding hydrogens is 212 g/mol. The third-order valence-electron chi connectivity index (χ3n) is 3.42. The molecule has 0 bridgehead atoms. The lowest BCUT2D eigenvalue weighted by atomic mass is 9.83. The van der Waals surface area contributed by atoms with Gasteiger partial charge in [0.25, 0.3) is 0 Å². The van der Waals surface area contributed by atoms with Crippen LogP contribution in [0.15, 0.2) is 0 Å². The van der Waals surface area contributed by atoms with E-state index >= 15 is 0 Å². The summed E-state index contributed by atoms with van der Waals surface area (Å²) >= 11 is 0. The summed E-state index contributed by atoms with van der Waals surface area (Å²) < 4.78 is 23.1. The van der Waals surface area contributed by atoms with Gasteiger partial charge in [-0.15, -0.1) is 0 Å². The zero-order valence-electron chi connectivity index (χ0n) is 9.70. The Morgan fingerprint density at radius 1 is 1.33 bits per heavy atom. The third kappa shape index (κ3) is 3.76. The van der Waals surface area contributed by atoms with E-state index in [1.165, 1.54) is 0 Å². The van der Waals surface area contributed by atoms with Crippen molar-refractivity contribution in [2.24, 2.45) is 11.3 Å². The molecule has 0 aromatic heterocycles. The first-order chi connectivity index (χ1) is 6.93. The van der Waals surface area contributed by atoms with Crippen LogP contribution in [0.2, 0.25) is 0 Å². The van der Waals surface area contributed by atoms with Gasteiger partial charge in [-0.3, -0.25) is 0 Å². The van der Waals surface area contributed by atoms with Crippen molar-refractivity contribution in [2.75, 3.05) is 18.1 Å². The second-order valence-corrected chi connectivity index (χ2v) is 7.29. The summed E-state index contributed by atoms with van der Waals surface area (Å²) in [5, 5.41) is 9.33. The van der Waals surface area contributed by atoms with Crippen LogP contribution in [0.1, 0.15) is 39.5 Å². The first-order valence-corrected chi connectivity index (χ1v) is 7.57. The van der Waals surface area contributed by atoms with Crippen molar-refractivity contribution in [3.05, 3.63) is 0 Å². The summed E-state index contributed by atoms with van der Waals surface area (Å²) in [7, 11) is -2.89. The van der Waals surface area contributed by atoms with E-state index < -0.39 is 9.84 Å². The average Bonchev–Trinajstić information content (AvgIpc) is 2.98. The molecule has 0 heterocycles. The van der Waals surface area contributed by atoms with Crippen LogP contribution in [0.5, 0.6) is 0 Å². The molecule has 4 heteroatoms. The molecular formula is C11H22O3S. The monoisotopic (exact) mass is 234 g/mol. The highest BCUT2D eigenvalue weighted by molar-refractivity contribution is 7.91. The van der Waals surface area contributed by atoms with Gasteiger partial charge in [0, 0.05) is 12.4 Å². The average molecular weight is 234 g/mol. The number of rotatable bonds is 7. The summed E-state index contributed by atoms with van der Waals surface area (Å²) in [4.78, 5) is 0. The van der Waals surface area contributed by atoms with Crippen LogP contribution >= 0.6 is 0 Å². The van der Waals surface area contributed by atoms with Crippen molar-refractivity contribution in [3.63, 3.8) is 0 Å². The van der Waals surface area contributed by atoms with Crippen molar-refractivity contribution in [1.82, 2.24) is 0 Å². The molecule has 0 saturated heterocycles. The van der Waals surface area contributed by atoms with Crippen LogP contribution in [-0.4, -0.2) is 31.6 Å². The van der Waals surface area contributed by atoms with Crippen molar-refractivity contribution in [3.8, 4) is 0 Å². The molecule has 0 aromatic rings. The van der Waals surface area contributed by atoms with E-state index in [2.05, 4.69) is 0 Å². The molecule has 15 heavy (non-hydrogen) atoms. The maximum atomic E-state index is 11.6. The molecule has 1 aliphatic carbocycles. The van der Waals surface area contributed by atoms with Gasteiger partial charge in [-0.2, -0.15) is 0 Å². The quantitative estimate of drug-likeness (QED) is 0.728. The smallest absolute Gasteiger partial charge is 0.150 e. The first-order valence-electron chi connectivity index (χ1n) is 5.75. The van der Waals surface area contributed by atoms with Crippen LogP contribution < -0.4 is 0 Å². The van der Waals surface area contributed by atoms with Gasteiger partial charge in [0.2, 0.25) is 0 Å². The summed E-state index contributed by atoms with van der Waals surface area (Å²) in [5.74, 6) is 1.05. The third-order valence-corrected chi connectivity index (χ3v) is 5.28. The normalized spacial score (nSPS) is 21.3. The summed E-state index contributed by atoms with van der Waals surface area (Å²) in [5.41, 5.74) is -0.166. The number of sulfone groups is 1. The fourth-order valence-corrected chi connectivity index (χ4v) is 3.60. The Hall–Kier alpha value is -0.0900. The standard InChI is InChI=1S/C11H22O3S/c1-3-7-15(13,14)8-6-11(2,9-12)10-4-5-10/h10,12H,3-9H2,1-2H3. The summed E-state index contributed by atoms with van der Waals surface area (Å²) in [6.45, 7) is 4.00. The van der Waals surface area contributed by atoms with Crippen molar-refractivity contribution in [2.45, 2.75) is 39.5 Å². The zero-order chi connectivity index (χ0) is 11.5. The highest BCUT2D eigenvalue weighted by atomic mass is 32.2. The Balaban J connectivity index is 2.47. The van der Waals surface area contributed by atoms with Gasteiger partial charge in [0.15, 0.2) is 0 Å². The predicted octanol–water partition coefficient (Wildman–Crippen LogP) is 1.61. The SMILES string of the molecule is CCCS(=O)(=O)CCC(C)(CO)C1CC1. The van der Waals surface area contributed by atoms with Gasteiger partial charge < -0.3 is 5.11 Å². The molecule has 0 radical (unpaired) electrons. The van der Waals surface area contributed by atoms with E-state index in [0.717, 1.165) is 12.8 Å². The number of aliphatic hydroxyl groups excluding tert-OH is 1. The molecule has 0 amide bonds. The Bertz CT molecular complexity index is 293. The van der Waals surface area contributed by atoms with Crippen LogP contribution in [-0.2, 0) is 9.84 Å². The van der Waals surface area contributed by atoms with E-state index in [-0.39, 0.29) is 23.5 Å². The van der Waals surface area contributed by atoms with Gasteiger partial charge in [-0.1, -0.05) is 13.8 Å². The van der Waals surface area contributed by atoms with Gasteiger partial charge in [0.1, 0.15) is 9.84 Å². The van der Waals surface area contributed by atoms with Crippen molar-refractivity contribution in [1.29, 1.82) is 0 Å².